The van der Waals surface area contributed by atoms with Crippen LogP contribution in [-0.2, 0) is 9.53 Å². The molecule has 2 rings (SSSR count). The SMILES string of the molecule is CCCOC(=O)C1CSC(CC(C)C)N1C(=O)Nc1cccc(C)c1C. The number of carbonyl (C=O) groups excluding carboxylic acids is 2. The lowest BCUT2D eigenvalue weighted by Crippen LogP contribution is -2.48. The number of nitrogens with zero attached hydrogens (tertiary/aromatic N) is 1. The highest BCUT2D eigenvalue weighted by Crippen LogP contribution is 2.34. The zero-order chi connectivity index (χ0) is 19.3. The summed E-state index contributed by atoms with van der Waals surface area (Å²) in [6, 6.07) is 5.08. The number of nitrogens with one attached hydrogen (secondary N) is 1. The average Bonchev–Trinajstić information content (AvgIpc) is 2.99. The van der Waals surface area contributed by atoms with E-state index in [2.05, 4.69) is 19.2 Å². The van der Waals surface area contributed by atoms with Crippen molar-refractivity contribution in [2.24, 2.45) is 5.92 Å². The Balaban J connectivity index is 2.20. The molecular weight excluding hydrogens is 348 g/mol. The van der Waals surface area contributed by atoms with E-state index in [1.807, 2.05) is 39.0 Å². The minimum atomic E-state index is -0.527. The molecule has 1 aliphatic heterocycles. The summed E-state index contributed by atoms with van der Waals surface area (Å²) in [5, 5.41) is 2.99. The number of amides is 2. The molecule has 1 aliphatic rings. The van der Waals surface area contributed by atoms with E-state index in [0.29, 0.717) is 18.3 Å². The molecule has 0 bridgehead atoms. The zero-order valence-electron chi connectivity index (χ0n) is 16.4. The monoisotopic (exact) mass is 378 g/mol. The predicted octanol–water partition coefficient (Wildman–Crippen LogP) is 4.58. The van der Waals surface area contributed by atoms with Crippen molar-refractivity contribution < 1.29 is 14.3 Å². The van der Waals surface area contributed by atoms with Crippen LogP contribution in [0.25, 0.3) is 0 Å². The average molecular weight is 379 g/mol. The van der Waals surface area contributed by atoms with E-state index in [9.17, 15) is 9.59 Å². The molecule has 0 spiro atoms. The van der Waals surface area contributed by atoms with Gasteiger partial charge in [-0.25, -0.2) is 9.59 Å². The van der Waals surface area contributed by atoms with Crippen molar-refractivity contribution in [1.82, 2.24) is 4.90 Å². The molecule has 2 unspecified atom stereocenters. The summed E-state index contributed by atoms with van der Waals surface area (Å²) in [6.45, 7) is 10.6. The molecule has 0 aliphatic carbocycles. The summed E-state index contributed by atoms with van der Waals surface area (Å²) in [5.41, 5.74) is 2.95. The highest BCUT2D eigenvalue weighted by molar-refractivity contribution is 8.00. The Morgan fingerprint density at radius 3 is 2.73 bits per heavy atom. The Bertz CT molecular complexity index is 648. The fraction of sp³-hybridized carbons (Fsp3) is 0.600. The first-order valence-electron chi connectivity index (χ1n) is 9.28. The minimum Gasteiger partial charge on any atom is -0.464 e. The van der Waals surface area contributed by atoms with Gasteiger partial charge >= 0.3 is 12.0 Å². The van der Waals surface area contributed by atoms with Crippen LogP contribution in [0.5, 0.6) is 0 Å². The molecule has 1 N–H and O–H groups in total. The molecule has 5 nitrogen and oxygen atoms in total. The highest BCUT2D eigenvalue weighted by atomic mass is 32.2. The van der Waals surface area contributed by atoms with Gasteiger partial charge in [-0.3, -0.25) is 4.90 Å². The van der Waals surface area contributed by atoms with Crippen LogP contribution in [0.1, 0.15) is 44.7 Å². The van der Waals surface area contributed by atoms with Gasteiger partial charge in [-0.05, 0) is 49.8 Å². The number of aryl methyl sites for hydroxylation is 1. The highest BCUT2D eigenvalue weighted by Gasteiger charge is 2.42. The Hall–Kier alpha value is -1.69. The number of hydrogen-bond acceptors (Lipinski definition) is 4. The number of thioether (sulfide) groups is 1. The first kappa shape index (κ1) is 20.6. The molecule has 2 amide bonds. The number of ether oxygens (including phenoxy) is 1. The third-order valence-corrected chi connectivity index (χ3v) is 5.88. The van der Waals surface area contributed by atoms with E-state index in [1.54, 1.807) is 16.7 Å². The van der Waals surface area contributed by atoms with E-state index in [0.717, 1.165) is 29.7 Å². The molecule has 0 radical (unpaired) electrons. The number of hydrogen-bond donors (Lipinski definition) is 1. The van der Waals surface area contributed by atoms with Crippen LogP contribution in [0, 0.1) is 19.8 Å². The van der Waals surface area contributed by atoms with Crippen molar-refractivity contribution in [1.29, 1.82) is 0 Å². The second kappa shape index (κ2) is 9.31. The maximum Gasteiger partial charge on any atom is 0.329 e. The molecule has 1 heterocycles. The molecule has 1 aromatic rings. The van der Waals surface area contributed by atoms with Crippen LogP contribution >= 0.6 is 11.8 Å². The van der Waals surface area contributed by atoms with Gasteiger partial charge in [0.1, 0.15) is 6.04 Å². The fourth-order valence-corrected chi connectivity index (χ4v) is 4.59. The van der Waals surface area contributed by atoms with Gasteiger partial charge in [0.05, 0.1) is 12.0 Å². The lowest BCUT2D eigenvalue weighted by molar-refractivity contribution is -0.147. The van der Waals surface area contributed by atoms with Gasteiger partial charge in [0.15, 0.2) is 0 Å². The summed E-state index contributed by atoms with van der Waals surface area (Å²) < 4.78 is 5.33. The molecule has 1 saturated heterocycles. The second-order valence-corrected chi connectivity index (χ2v) is 8.40. The summed E-state index contributed by atoms with van der Waals surface area (Å²) in [4.78, 5) is 27.2. The van der Waals surface area contributed by atoms with Crippen LogP contribution < -0.4 is 5.32 Å². The smallest absolute Gasteiger partial charge is 0.329 e. The molecular formula is C20H30N2O3S. The van der Waals surface area contributed by atoms with E-state index in [4.69, 9.17) is 4.74 Å². The molecule has 6 heteroatoms. The normalized spacial score (nSPS) is 19.7. The first-order chi connectivity index (χ1) is 12.3. The van der Waals surface area contributed by atoms with Crippen molar-refractivity contribution in [2.75, 3.05) is 17.7 Å². The van der Waals surface area contributed by atoms with E-state index in [1.165, 1.54) is 0 Å². The number of esters is 1. The zero-order valence-corrected chi connectivity index (χ0v) is 17.2. The van der Waals surface area contributed by atoms with Crippen molar-refractivity contribution in [3.8, 4) is 0 Å². The molecule has 0 saturated carbocycles. The Morgan fingerprint density at radius 1 is 1.35 bits per heavy atom. The van der Waals surface area contributed by atoms with Gasteiger partial charge in [0.2, 0.25) is 0 Å². The summed E-state index contributed by atoms with van der Waals surface area (Å²) >= 11 is 1.66. The maximum absolute atomic E-state index is 13.1. The van der Waals surface area contributed by atoms with Gasteiger partial charge in [0, 0.05) is 11.4 Å². The number of urea groups is 1. The fourth-order valence-electron chi connectivity index (χ4n) is 2.97. The van der Waals surface area contributed by atoms with Gasteiger partial charge in [-0.15, -0.1) is 11.8 Å². The third-order valence-electron chi connectivity index (χ3n) is 4.57. The second-order valence-electron chi connectivity index (χ2n) is 7.19. The quantitative estimate of drug-likeness (QED) is 0.736. The van der Waals surface area contributed by atoms with Gasteiger partial charge < -0.3 is 10.1 Å². The number of benzene rings is 1. The minimum absolute atomic E-state index is 0.0145. The van der Waals surface area contributed by atoms with Crippen LogP contribution in [0.4, 0.5) is 10.5 Å². The molecule has 144 valence electrons. The lowest BCUT2D eigenvalue weighted by Gasteiger charge is -2.29. The van der Waals surface area contributed by atoms with Gasteiger partial charge in [0.25, 0.3) is 0 Å². The number of anilines is 1. The van der Waals surface area contributed by atoms with E-state index in [-0.39, 0.29) is 17.4 Å². The topological polar surface area (TPSA) is 58.6 Å². The third kappa shape index (κ3) is 4.93. The Kier molecular flexibility index (Phi) is 7.38. The van der Waals surface area contributed by atoms with Crippen LogP contribution in [0.2, 0.25) is 0 Å². The first-order valence-corrected chi connectivity index (χ1v) is 10.3. The Morgan fingerprint density at radius 2 is 2.08 bits per heavy atom. The van der Waals surface area contributed by atoms with Crippen molar-refractivity contribution in [3.05, 3.63) is 29.3 Å². The number of carbonyl (C=O) groups is 2. The molecule has 1 aromatic carbocycles. The van der Waals surface area contributed by atoms with Crippen molar-refractivity contribution in [2.45, 2.75) is 58.9 Å². The molecule has 2 atom stereocenters. The van der Waals surface area contributed by atoms with E-state index < -0.39 is 6.04 Å². The summed E-state index contributed by atoms with van der Waals surface area (Å²) in [6.07, 6.45) is 1.62. The standard InChI is InChI=1S/C20H30N2O3S/c1-6-10-25-19(23)17-12-26-18(11-13(2)3)22(17)20(24)21-16-9-7-8-14(4)15(16)5/h7-9,13,17-18H,6,10-12H2,1-5H3,(H,21,24). The number of rotatable bonds is 6. The van der Waals surface area contributed by atoms with E-state index >= 15 is 0 Å². The van der Waals surface area contributed by atoms with Crippen LogP contribution in [0.3, 0.4) is 0 Å². The maximum atomic E-state index is 13.1. The van der Waals surface area contributed by atoms with Crippen molar-refractivity contribution >= 4 is 29.4 Å². The molecule has 26 heavy (non-hydrogen) atoms. The molecule has 1 fully saturated rings. The summed E-state index contributed by atoms with van der Waals surface area (Å²) in [5.74, 6) is 0.718. The summed E-state index contributed by atoms with van der Waals surface area (Å²) in [7, 11) is 0. The van der Waals surface area contributed by atoms with Crippen LogP contribution in [0.15, 0.2) is 18.2 Å². The molecule has 0 aromatic heterocycles. The van der Waals surface area contributed by atoms with Gasteiger partial charge in [-0.1, -0.05) is 32.9 Å². The van der Waals surface area contributed by atoms with Crippen LogP contribution in [-0.4, -0.2) is 40.7 Å². The predicted molar refractivity (Wildman–Crippen MR) is 108 cm³/mol. The Labute approximate surface area is 160 Å². The largest absolute Gasteiger partial charge is 0.464 e. The van der Waals surface area contributed by atoms with Crippen molar-refractivity contribution in [3.63, 3.8) is 0 Å². The lowest BCUT2D eigenvalue weighted by atomic mass is 10.1. The van der Waals surface area contributed by atoms with Gasteiger partial charge in [-0.2, -0.15) is 0 Å².